The molecule has 3 heterocycles. The summed E-state index contributed by atoms with van der Waals surface area (Å²) in [6, 6.07) is 4.04. The number of anilines is 2. The van der Waals surface area contributed by atoms with Crippen LogP contribution in [0.3, 0.4) is 0 Å². The van der Waals surface area contributed by atoms with Crippen molar-refractivity contribution in [2.75, 3.05) is 23.3 Å². The molecule has 0 saturated carbocycles. The zero-order valence-corrected chi connectivity index (χ0v) is 15.7. The van der Waals surface area contributed by atoms with Crippen molar-refractivity contribution in [1.82, 2.24) is 19.9 Å². The lowest BCUT2D eigenvalue weighted by Gasteiger charge is -2.26. The van der Waals surface area contributed by atoms with Crippen LogP contribution < -0.4 is 15.5 Å². The first kappa shape index (κ1) is 19.6. The third-order valence-electron chi connectivity index (χ3n) is 4.87. The number of hydrogen-bond donors (Lipinski definition) is 3. The van der Waals surface area contributed by atoms with E-state index < -0.39 is 30.2 Å². The standard InChI is InChI=1S/C19H18F2N6O3/c20-11-3-4-13(21)12(8-11)15-2-1-6-26(15)16-5-7-27-18(25-16)14(9-23-27)24-19(30)22-10-17(28)29/h3-5,7-9,15H,1-2,6,10H2,(H,28,29)(H2,22,24,30)/t15-/m1/s1. The van der Waals surface area contributed by atoms with Crippen LogP contribution in [-0.2, 0) is 4.79 Å². The summed E-state index contributed by atoms with van der Waals surface area (Å²) < 4.78 is 29.5. The van der Waals surface area contributed by atoms with Crippen LogP contribution >= 0.6 is 0 Å². The highest BCUT2D eigenvalue weighted by Gasteiger charge is 2.30. The molecule has 1 atom stereocenters. The highest BCUT2D eigenvalue weighted by atomic mass is 19.1. The summed E-state index contributed by atoms with van der Waals surface area (Å²) in [6.07, 6.45) is 4.47. The molecule has 0 bridgehead atoms. The molecule has 156 valence electrons. The van der Waals surface area contributed by atoms with Crippen LogP contribution in [0.1, 0.15) is 24.4 Å². The van der Waals surface area contributed by atoms with E-state index in [1.165, 1.54) is 16.8 Å². The maximum atomic E-state index is 14.3. The van der Waals surface area contributed by atoms with Gasteiger partial charge in [-0.3, -0.25) is 4.79 Å². The second-order valence-electron chi connectivity index (χ2n) is 6.83. The van der Waals surface area contributed by atoms with E-state index in [4.69, 9.17) is 5.11 Å². The molecule has 1 fully saturated rings. The molecule has 2 aromatic heterocycles. The van der Waals surface area contributed by atoms with E-state index in [1.54, 1.807) is 12.3 Å². The maximum absolute atomic E-state index is 14.3. The normalized spacial score (nSPS) is 16.1. The second kappa shape index (κ2) is 7.93. The Kier molecular flexibility index (Phi) is 5.17. The molecule has 3 aromatic rings. The van der Waals surface area contributed by atoms with Crippen molar-refractivity contribution < 1.29 is 23.5 Å². The lowest BCUT2D eigenvalue weighted by Crippen LogP contribution is -2.33. The maximum Gasteiger partial charge on any atom is 0.323 e. The van der Waals surface area contributed by atoms with Crippen LogP contribution in [0.4, 0.5) is 25.1 Å². The van der Waals surface area contributed by atoms with Crippen LogP contribution in [0.15, 0.2) is 36.7 Å². The second-order valence-corrected chi connectivity index (χ2v) is 6.83. The van der Waals surface area contributed by atoms with Gasteiger partial charge in [0.1, 0.15) is 29.7 Å². The average molecular weight is 416 g/mol. The van der Waals surface area contributed by atoms with Crippen LogP contribution in [0.2, 0.25) is 0 Å². The van der Waals surface area contributed by atoms with Gasteiger partial charge < -0.3 is 20.6 Å². The van der Waals surface area contributed by atoms with Gasteiger partial charge in [-0.15, -0.1) is 0 Å². The predicted molar refractivity (Wildman–Crippen MR) is 103 cm³/mol. The van der Waals surface area contributed by atoms with Crippen molar-refractivity contribution in [3.05, 3.63) is 53.9 Å². The van der Waals surface area contributed by atoms with Crippen molar-refractivity contribution in [2.45, 2.75) is 18.9 Å². The van der Waals surface area contributed by atoms with Crippen molar-refractivity contribution in [1.29, 1.82) is 0 Å². The number of benzene rings is 1. The number of aliphatic carboxylic acids is 1. The number of fused-ring (bicyclic) bond motifs is 1. The Morgan fingerprint density at radius 3 is 2.90 bits per heavy atom. The topological polar surface area (TPSA) is 112 Å². The van der Waals surface area contributed by atoms with E-state index in [-0.39, 0.29) is 17.3 Å². The molecule has 0 aliphatic carbocycles. The minimum atomic E-state index is -1.17. The molecule has 0 unspecified atom stereocenters. The van der Waals surface area contributed by atoms with E-state index in [9.17, 15) is 18.4 Å². The summed E-state index contributed by atoms with van der Waals surface area (Å²) in [5, 5.41) is 17.5. The average Bonchev–Trinajstić information content (AvgIpc) is 3.35. The Labute approximate surface area is 169 Å². The first-order valence-electron chi connectivity index (χ1n) is 9.25. The fourth-order valence-electron chi connectivity index (χ4n) is 3.56. The molecular formula is C19H18F2N6O3. The molecule has 1 aliphatic heterocycles. The smallest absolute Gasteiger partial charge is 0.323 e. The number of rotatable bonds is 5. The number of carboxylic acids is 1. The van der Waals surface area contributed by atoms with E-state index in [2.05, 4.69) is 20.7 Å². The molecule has 0 radical (unpaired) electrons. The number of aromatic nitrogens is 3. The summed E-state index contributed by atoms with van der Waals surface area (Å²) >= 11 is 0. The monoisotopic (exact) mass is 416 g/mol. The van der Waals surface area contributed by atoms with Gasteiger partial charge in [-0.1, -0.05) is 0 Å². The van der Waals surface area contributed by atoms with Gasteiger partial charge in [0.05, 0.1) is 12.2 Å². The lowest BCUT2D eigenvalue weighted by atomic mass is 10.0. The molecule has 2 amide bonds. The van der Waals surface area contributed by atoms with Gasteiger partial charge in [0.25, 0.3) is 0 Å². The number of carboxylic acid groups (broad SMARTS) is 1. The molecule has 1 aliphatic rings. The van der Waals surface area contributed by atoms with Gasteiger partial charge in [-0.25, -0.2) is 23.1 Å². The predicted octanol–water partition coefficient (Wildman–Crippen LogP) is 2.56. The van der Waals surface area contributed by atoms with Crippen LogP contribution in [0.25, 0.3) is 5.65 Å². The van der Waals surface area contributed by atoms with Gasteiger partial charge in [0, 0.05) is 18.3 Å². The molecule has 1 saturated heterocycles. The SMILES string of the molecule is O=C(O)CNC(=O)Nc1cnn2ccc(N3CCC[C@@H]3c3cc(F)ccc3F)nc12. The number of hydrogen-bond acceptors (Lipinski definition) is 5. The number of carbonyl (C=O) groups excluding carboxylic acids is 1. The number of carbonyl (C=O) groups is 2. The fourth-order valence-corrected chi connectivity index (χ4v) is 3.56. The minimum Gasteiger partial charge on any atom is -0.480 e. The quantitative estimate of drug-likeness (QED) is 0.589. The third kappa shape index (κ3) is 3.86. The Morgan fingerprint density at radius 2 is 2.10 bits per heavy atom. The largest absolute Gasteiger partial charge is 0.480 e. The Bertz CT molecular complexity index is 1120. The summed E-state index contributed by atoms with van der Waals surface area (Å²) in [4.78, 5) is 28.9. The molecule has 30 heavy (non-hydrogen) atoms. The van der Waals surface area contributed by atoms with Crippen molar-refractivity contribution in [3.8, 4) is 0 Å². The number of amides is 2. The Hall–Kier alpha value is -3.76. The van der Waals surface area contributed by atoms with Crippen molar-refractivity contribution >= 4 is 29.2 Å². The lowest BCUT2D eigenvalue weighted by molar-refractivity contribution is -0.135. The zero-order valence-electron chi connectivity index (χ0n) is 15.7. The van der Waals surface area contributed by atoms with Gasteiger partial charge >= 0.3 is 12.0 Å². The molecule has 3 N–H and O–H groups in total. The molecule has 11 heteroatoms. The van der Waals surface area contributed by atoms with Crippen molar-refractivity contribution in [2.24, 2.45) is 0 Å². The fraction of sp³-hybridized carbons (Fsp3) is 0.263. The minimum absolute atomic E-state index is 0.272. The van der Waals surface area contributed by atoms with Gasteiger partial charge in [0.15, 0.2) is 5.65 Å². The first-order valence-corrected chi connectivity index (χ1v) is 9.25. The number of urea groups is 1. The zero-order chi connectivity index (χ0) is 21.3. The van der Waals surface area contributed by atoms with Gasteiger partial charge in [-0.2, -0.15) is 5.10 Å². The number of halogens is 2. The summed E-state index contributed by atoms with van der Waals surface area (Å²) in [7, 11) is 0. The van der Waals surface area contributed by atoms with Crippen molar-refractivity contribution in [3.63, 3.8) is 0 Å². The summed E-state index contributed by atoms with van der Waals surface area (Å²) in [5.74, 6) is -1.62. The van der Waals surface area contributed by atoms with E-state index in [1.807, 2.05) is 4.90 Å². The van der Waals surface area contributed by atoms with Gasteiger partial charge in [0.2, 0.25) is 0 Å². The van der Waals surface area contributed by atoms with Crippen LogP contribution in [0, 0.1) is 11.6 Å². The highest BCUT2D eigenvalue weighted by Crippen LogP contribution is 2.37. The third-order valence-corrected chi connectivity index (χ3v) is 4.87. The van der Waals surface area contributed by atoms with Crippen LogP contribution in [-0.4, -0.2) is 44.8 Å². The Morgan fingerprint density at radius 1 is 1.27 bits per heavy atom. The molecular weight excluding hydrogens is 398 g/mol. The van der Waals surface area contributed by atoms with E-state index in [0.29, 0.717) is 24.4 Å². The number of nitrogens with zero attached hydrogens (tertiary/aromatic N) is 4. The number of nitrogens with one attached hydrogen (secondary N) is 2. The first-order chi connectivity index (χ1) is 14.4. The molecule has 9 nitrogen and oxygen atoms in total. The van der Waals surface area contributed by atoms with E-state index in [0.717, 1.165) is 18.6 Å². The van der Waals surface area contributed by atoms with E-state index >= 15 is 0 Å². The summed E-state index contributed by atoms with van der Waals surface area (Å²) in [6.45, 7) is 0.0815. The van der Waals surface area contributed by atoms with Crippen LogP contribution in [0.5, 0.6) is 0 Å². The van der Waals surface area contributed by atoms with Gasteiger partial charge in [-0.05, 0) is 37.1 Å². The molecule has 4 rings (SSSR count). The summed E-state index contributed by atoms with van der Waals surface area (Å²) in [5.41, 5.74) is 0.893. The molecule has 1 aromatic carbocycles. The highest BCUT2D eigenvalue weighted by molar-refractivity contribution is 5.94. The molecule has 0 spiro atoms. The Balaban J connectivity index is 1.62.